The fraction of sp³-hybridized carbons (Fsp3) is 0.500. The second-order valence-electron chi connectivity index (χ2n) is 4.71. The van der Waals surface area contributed by atoms with Crippen LogP contribution in [0.1, 0.15) is 12.8 Å². The molecular weight excluding hydrogens is 291 g/mol. The molecule has 2 rings (SSSR count). The van der Waals surface area contributed by atoms with E-state index < -0.39 is 15.8 Å². The van der Waals surface area contributed by atoms with Gasteiger partial charge in [-0.1, -0.05) is 11.6 Å². The lowest BCUT2D eigenvalue weighted by Gasteiger charge is -2.22. The summed E-state index contributed by atoms with van der Waals surface area (Å²) in [6.07, 6.45) is 1.70. The van der Waals surface area contributed by atoms with Crippen LogP contribution in [-0.4, -0.2) is 27.3 Å². The molecule has 0 bridgehead atoms. The maximum Gasteiger partial charge on any atom is 0.232 e. The first-order valence-electron chi connectivity index (χ1n) is 6.12. The van der Waals surface area contributed by atoms with Crippen molar-refractivity contribution in [2.75, 3.05) is 23.6 Å². The Bertz CT molecular complexity index is 545. The molecule has 0 aromatic heterocycles. The van der Waals surface area contributed by atoms with Crippen molar-refractivity contribution in [3.05, 3.63) is 29.0 Å². The number of sulfonamides is 1. The number of nitrogens with one attached hydrogen (secondary N) is 2. The zero-order valence-electron chi connectivity index (χ0n) is 10.3. The maximum atomic E-state index is 13.0. The van der Waals surface area contributed by atoms with Gasteiger partial charge in [-0.3, -0.25) is 4.72 Å². The molecule has 106 valence electrons. The van der Waals surface area contributed by atoms with Crippen LogP contribution < -0.4 is 10.0 Å². The first kappa shape index (κ1) is 14.6. The van der Waals surface area contributed by atoms with E-state index in [1.807, 2.05) is 0 Å². The van der Waals surface area contributed by atoms with Crippen LogP contribution in [0.3, 0.4) is 0 Å². The van der Waals surface area contributed by atoms with E-state index in [0.29, 0.717) is 5.69 Å². The molecule has 4 nitrogen and oxygen atoms in total. The molecular formula is C12H16ClFN2O2S. The standard InChI is InChI=1S/C12H16ClFN2O2S/c13-11-7-10(1-2-12(11)14)16-19(17,18)8-9-3-5-15-6-4-9/h1-2,7,9,15-16H,3-6,8H2. The third kappa shape index (κ3) is 4.33. The Morgan fingerprint density at radius 2 is 2.05 bits per heavy atom. The molecule has 1 saturated heterocycles. The van der Waals surface area contributed by atoms with Gasteiger partial charge in [-0.2, -0.15) is 0 Å². The maximum absolute atomic E-state index is 13.0. The van der Waals surface area contributed by atoms with Gasteiger partial charge in [-0.25, -0.2) is 12.8 Å². The van der Waals surface area contributed by atoms with Crippen molar-refractivity contribution in [2.45, 2.75) is 12.8 Å². The molecule has 0 amide bonds. The van der Waals surface area contributed by atoms with Crippen molar-refractivity contribution in [1.29, 1.82) is 0 Å². The molecule has 1 aliphatic rings. The van der Waals surface area contributed by atoms with Gasteiger partial charge in [0.25, 0.3) is 0 Å². The van der Waals surface area contributed by atoms with Crippen molar-refractivity contribution in [3.63, 3.8) is 0 Å². The van der Waals surface area contributed by atoms with Crippen molar-refractivity contribution < 1.29 is 12.8 Å². The number of halogens is 2. The van der Waals surface area contributed by atoms with Crippen LogP contribution in [0, 0.1) is 11.7 Å². The summed E-state index contributed by atoms with van der Waals surface area (Å²) in [5.41, 5.74) is 0.292. The quantitative estimate of drug-likeness (QED) is 0.897. The molecule has 0 aliphatic carbocycles. The van der Waals surface area contributed by atoms with Crippen LogP contribution in [0.2, 0.25) is 5.02 Å². The zero-order chi connectivity index (χ0) is 13.9. The van der Waals surface area contributed by atoms with E-state index in [-0.39, 0.29) is 16.7 Å². The molecule has 7 heteroatoms. The lowest BCUT2D eigenvalue weighted by Crippen LogP contribution is -2.33. The van der Waals surface area contributed by atoms with Crippen LogP contribution in [0.15, 0.2) is 18.2 Å². The number of anilines is 1. The van der Waals surface area contributed by atoms with E-state index in [9.17, 15) is 12.8 Å². The third-order valence-electron chi connectivity index (χ3n) is 3.11. The van der Waals surface area contributed by atoms with Gasteiger partial charge < -0.3 is 5.32 Å². The second-order valence-corrected chi connectivity index (χ2v) is 6.88. The molecule has 1 fully saturated rings. The summed E-state index contributed by atoms with van der Waals surface area (Å²) in [7, 11) is -3.42. The average Bonchev–Trinajstić information content (AvgIpc) is 2.34. The van der Waals surface area contributed by atoms with Gasteiger partial charge in [-0.15, -0.1) is 0 Å². The smallest absolute Gasteiger partial charge is 0.232 e. The number of rotatable bonds is 4. The van der Waals surface area contributed by atoms with E-state index in [1.54, 1.807) is 0 Å². The van der Waals surface area contributed by atoms with Gasteiger partial charge >= 0.3 is 0 Å². The van der Waals surface area contributed by atoms with Crippen molar-refractivity contribution in [2.24, 2.45) is 5.92 Å². The molecule has 19 heavy (non-hydrogen) atoms. The Morgan fingerprint density at radius 1 is 1.37 bits per heavy atom. The zero-order valence-corrected chi connectivity index (χ0v) is 11.9. The largest absolute Gasteiger partial charge is 0.317 e. The fourth-order valence-electron chi connectivity index (χ4n) is 2.14. The highest BCUT2D eigenvalue weighted by Gasteiger charge is 2.21. The highest BCUT2D eigenvalue weighted by molar-refractivity contribution is 7.92. The van der Waals surface area contributed by atoms with Gasteiger partial charge in [0.15, 0.2) is 0 Å². The van der Waals surface area contributed by atoms with Gasteiger partial charge in [0.05, 0.1) is 16.5 Å². The summed E-state index contributed by atoms with van der Waals surface area (Å²) in [6, 6.07) is 3.78. The lowest BCUT2D eigenvalue weighted by atomic mass is 10.0. The number of piperidine rings is 1. The van der Waals surface area contributed by atoms with Crippen molar-refractivity contribution >= 4 is 27.3 Å². The van der Waals surface area contributed by atoms with Gasteiger partial charge in [0, 0.05) is 0 Å². The molecule has 0 radical (unpaired) electrons. The summed E-state index contributed by atoms with van der Waals surface area (Å²) in [6.45, 7) is 1.70. The summed E-state index contributed by atoms with van der Waals surface area (Å²) in [4.78, 5) is 0. The molecule has 0 atom stereocenters. The summed E-state index contributed by atoms with van der Waals surface area (Å²) >= 11 is 5.62. The minimum atomic E-state index is -3.42. The second kappa shape index (κ2) is 6.07. The van der Waals surface area contributed by atoms with E-state index in [0.717, 1.165) is 32.0 Å². The molecule has 1 aromatic carbocycles. The summed E-state index contributed by atoms with van der Waals surface area (Å²) in [5, 5.41) is 3.09. The lowest BCUT2D eigenvalue weighted by molar-refractivity contribution is 0.402. The average molecular weight is 307 g/mol. The molecule has 1 aromatic rings. The van der Waals surface area contributed by atoms with Crippen LogP contribution in [0.5, 0.6) is 0 Å². The highest BCUT2D eigenvalue weighted by atomic mass is 35.5. The van der Waals surface area contributed by atoms with E-state index in [2.05, 4.69) is 10.0 Å². The molecule has 2 N–H and O–H groups in total. The van der Waals surface area contributed by atoms with E-state index >= 15 is 0 Å². The first-order valence-corrected chi connectivity index (χ1v) is 8.15. The third-order valence-corrected chi connectivity index (χ3v) is 4.85. The van der Waals surface area contributed by atoms with Gasteiger partial charge in [0.1, 0.15) is 5.82 Å². The Kier molecular flexibility index (Phi) is 4.65. The Morgan fingerprint density at radius 3 is 2.68 bits per heavy atom. The predicted molar refractivity (Wildman–Crippen MR) is 74.4 cm³/mol. The molecule has 1 heterocycles. The number of benzene rings is 1. The van der Waals surface area contributed by atoms with Crippen LogP contribution in [-0.2, 0) is 10.0 Å². The highest BCUT2D eigenvalue weighted by Crippen LogP contribution is 2.21. The minimum absolute atomic E-state index is 0.0870. The van der Waals surface area contributed by atoms with Gasteiger partial charge in [-0.05, 0) is 50.0 Å². The molecule has 0 unspecified atom stereocenters. The molecule has 0 saturated carbocycles. The van der Waals surface area contributed by atoms with Crippen LogP contribution in [0.4, 0.5) is 10.1 Å². The predicted octanol–water partition coefficient (Wildman–Crippen LogP) is 2.22. The summed E-state index contributed by atoms with van der Waals surface area (Å²) in [5.74, 6) is -0.318. The van der Waals surface area contributed by atoms with Crippen molar-refractivity contribution in [3.8, 4) is 0 Å². The summed E-state index contributed by atoms with van der Waals surface area (Å²) < 4.78 is 39.4. The van der Waals surface area contributed by atoms with Gasteiger partial charge in [0.2, 0.25) is 10.0 Å². The number of hydrogen-bond acceptors (Lipinski definition) is 3. The van der Waals surface area contributed by atoms with E-state index in [4.69, 9.17) is 11.6 Å². The van der Waals surface area contributed by atoms with E-state index in [1.165, 1.54) is 12.1 Å². The topological polar surface area (TPSA) is 58.2 Å². The monoisotopic (exact) mass is 306 g/mol. The Balaban J connectivity index is 2.01. The SMILES string of the molecule is O=S(=O)(CC1CCNCC1)Nc1ccc(F)c(Cl)c1. The fourth-order valence-corrected chi connectivity index (χ4v) is 3.84. The van der Waals surface area contributed by atoms with Crippen LogP contribution in [0.25, 0.3) is 0 Å². The molecule has 1 aliphatic heterocycles. The van der Waals surface area contributed by atoms with Crippen molar-refractivity contribution in [1.82, 2.24) is 5.32 Å². The Hall–Kier alpha value is -0.850. The Labute approximate surface area is 117 Å². The molecule has 0 spiro atoms. The number of hydrogen-bond donors (Lipinski definition) is 2. The normalized spacial score (nSPS) is 17.4. The first-order chi connectivity index (χ1) is 8.96. The minimum Gasteiger partial charge on any atom is -0.317 e. The van der Waals surface area contributed by atoms with Crippen LogP contribution >= 0.6 is 11.6 Å².